The van der Waals surface area contributed by atoms with Crippen molar-refractivity contribution in [3.05, 3.63) is 18.7 Å². The molecule has 23 heavy (non-hydrogen) atoms. The molecule has 5 saturated carbocycles. The van der Waals surface area contributed by atoms with Gasteiger partial charge in [0.2, 0.25) is 6.33 Å². The quantitative estimate of drug-likeness (QED) is 0.545. The number of halogens is 1. The molecule has 1 heterocycles. The smallest absolute Gasteiger partial charge is 0.244 e. The summed E-state index contributed by atoms with van der Waals surface area (Å²) in [6.45, 7) is 0. The van der Waals surface area contributed by atoms with Crippen LogP contribution in [0.1, 0.15) is 83.1 Å². The van der Waals surface area contributed by atoms with Gasteiger partial charge in [-0.25, -0.2) is 9.13 Å². The molecule has 0 amide bonds. The van der Waals surface area contributed by atoms with Crippen LogP contribution in [0.5, 0.6) is 0 Å². The highest BCUT2D eigenvalue weighted by molar-refractivity contribution is 5.05. The molecule has 0 aliphatic heterocycles. The third kappa shape index (κ3) is 2.81. The number of hydrogen-bond donors (Lipinski definition) is 0. The molecule has 5 aliphatic carbocycles. The molecule has 2 nitrogen and oxygen atoms in total. The molecule has 1 aromatic rings. The van der Waals surface area contributed by atoms with Crippen LogP contribution in [-0.2, 0) is 5.54 Å². The normalized spacial score (nSPS) is 39.9. The Morgan fingerprint density at radius 1 is 0.826 bits per heavy atom. The predicted molar refractivity (Wildman–Crippen MR) is 87.5 cm³/mol. The maximum Gasteiger partial charge on any atom is 0.244 e. The Morgan fingerprint density at radius 2 is 1.39 bits per heavy atom. The van der Waals surface area contributed by atoms with Gasteiger partial charge in [0.25, 0.3) is 0 Å². The summed E-state index contributed by atoms with van der Waals surface area (Å²) in [6, 6.07) is 0.776. The van der Waals surface area contributed by atoms with Gasteiger partial charge in [-0.05, 0) is 82.0 Å². The third-order valence-electron chi connectivity index (χ3n) is 7.46. The van der Waals surface area contributed by atoms with Crippen molar-refractivity contribution in [3.63, 3.8) is 0 Å². The van der Waals surface area contributed by atoms with Gasteiger partial charge in [-0.15, -0.1) is 0 Å². The maximum absolute atomic E-state index is 2.67. The average Bonchev–Trinajstić information content (AvgIpc) is 2.83. The minimum absolute atomic E-state index is 0. The monoisotopic (exact) mass is 378 g/mol. The second kappa shape index (κ2) is 6.20. The molecule has 0 N–H and O–H groups in total. The number of hydrogen-bond acceptors (Lipinski definition) is 0. The van der Waals surface area contributed by atoms with Crippen molar-refractivity contribution in [2.24, 2.45) is 17.8 Å². The van der Waals surface area contributed by atoms with Crippen LogP contribution in [0.25, 0.3) is 0 Å². The fourth-order valence-electron chi connectivity index (χ4n) is 6.80. The highest BCUT2D eigenvalue weighted by Gasteiger charge is 2.54. The lowest BCUT2D eigenvalue weighted by molar-refractivity contribution is -0.724. The van der Waals surface area contributed by atoms with Gasteiger partial charge in [-0.3, -0.25) is 0 Å². The summed E-state index contributed by atoms with van der Waals surface area (Å²) in [5, 5.41) is 0. The Morgan fingerprint density at radius 3 is 1.96 bits per heavy atom. The van der Waals surface area contributed by atoms with Crippen LogP contribution >= 0.6 is 0 Å². The van der Waals surface area contributed by atoms with Crippen molar-refractivity contribution >= 4 is 0 Å². The van der Waals surface area contributed by atoms with Crippen LogP contribution in [0, 0.1) is 17.8 Å². The zero-order valence-corrected chi connectivity index (χ0v) is 15.9. The minimum atomic E-state index is 0. The summed E-state index contributed by atoms with van der Waals surface area (Å²) < 4.78 is 5.24. The van der Waals surface area contributed by atoms with Crippen LogP contribution in [0.3, 0.4) is 0 Å². The van der Waals surface area contributed by atoms with Gasteiger partial charge in [0, 0.05) is 0 Å². The van der Waals surface area contributed by atoms with Gasteiger partial charge < -0.3 is 17.0 Å². The van der Waals surface area contributed by atoms with E-state index in [0.717, 1.165) is 23.8 Å². The van der Waals surface area contributed by atoms with E-state index in [4.69, 9.17) is 0 Å². The zero-order valence-electron chi connectivity index (χ0n) is 14.3. The first-order valence-corrected chi connectivity index (χ1v) is 9.90. The van der Waals surface area contributed by atoms with E-state index in [0.29, 0.717) is 5.54 Å². The van der Waals surface area contributed by atoms with E-state index in [1.807, 2.05) is 0 Å². The molecular formula is C20H31BrN2. The highest BCUT2D eigenvalue weighted by atomic mass is 79.9. The molecule has 0 aromatic carbocycles. The molecule has 128 valence electrons. The van der Waals surface area contributed by atoms with Crippen molar-refractivity contribution in [2.75, 3.05) is 0 Å². The summed E-state index contributed by atoms with van der Waals surface area (Å²) in [7, 11) is 0. The van der Waals surface area contributed by atoms with Gasteiger partial charge in [0.1, 0.15) is 24.0 Å². The van der Waals surface area contributed by atoms with Gasteiger partial charge in [0.05, 0.1) is 0 Å². The Hall–Kier alpha value is -0.310. The van der Waals surface area contributed by atoms with E-state index in [1.165, 1.54) is 57.8 Å². The predicted octanol–water partition coefficient (Wildman–Crippen LogP) is 1.60. The van der Waals surface area contributed by atoms with Crippen LogP contribution in [0.4, 0.5) is 0 Å². The van der Waals surface area contributed by atoms with Crippen molar-refractivity contribution in [3.8, 4) is 0 Å². The Kier molecular flexibility index (Phi) is 4.36. The van der Waals surface area contributed by atoms with Crippen molar-refractivity contribution < 1.29 is 21.5 Å². The van der Waals surface area contributed by atoms with Crippen LogP contribution < -0.4 is 21.5 Å². The SMILES string of the molecule is [Br-].c1c[n+](C2CCCCCC2)cn1C12CC3CC(CC(C3)C1)C2. The minimum Gasteiger partial charge on any atom is -1.00 e. The number of imidazole rings is 1. The summed E-state index contributed by atoms with van der Waals surface area (Å²) in [5.41, 5.74) is 0.505. The first kappa shape index (κ1) is 16.2. The van der Waals surface area contributed by atoms with Gasteiger partial charge >= 0.3 is 0 Å². The van der Waals surface area contributed by atoms with E-state index < -0.39 is 0 Å². The van der Waals surface area contributed by atoms with E-state index >= 15 is 0 Å². The Bertz CT molecular complexity index is 506. The maximum atomic E-state index is 2.67. The molecule has 0 spiro atoms. The van der Waals surface area contributed by atoms with Crippen LogP contribution in [0.2, 0.25) is 0 Å². The van der Waals surface area contributed by atoms with Gasteiger partial charge in [-0.2, -0.15) is 0 Å². The fraction of sp³-hybridized carbons (Fsp3) is 0.850. The average molecular weight is 379 g/mol. The first-order valence-electron chi connectivity index (χ1n) is 9.90. The Labute approximate surface area is 151 Å². The van der Waals surface area contributed by atoms with E-state index in [1.54, 1.807) is 19.3 Å². The molecule has 4 bridgehead atoms. The lowest BCUT2D eigenvalue weighted by Gasteiger charge is -2.54. The molecule has 5 aliphatic rings. The number of nitrogens with zero attached hydrogens (tertiary/aromatic N) is 2. The molecule has 0 atom stereocenters. The van der Waals surface area contributed by atoms with E-state index in [9.17, 15) is 0 Å². The highest BCUT2D eigenvalue weighted by Crippen LogP contribution is 2.58. The van der Waals surface area contributed by atoms with Crippen LogP contribution in [0.15, 0.2) is 18.7 Å². The van der Waals surface area contributed by atoms with E-state index in [2.05, 4.69) is 27.9 Å². The molecule has 5 fully saturated rings. The van der Waals surface area contributed by atoms with Crippen molar-refractivity contribution in [2.45, 2.75) is 88.6 Å². The molecule has 1 aromatic heterocycles. The molecule has 3 heteroatoms. The second-order valence-corrected chi connectivity index (χ2v) is 9.06. The molecule has 0 saturated heterocycles. The summed E-state index contributed by atoms with van der Waals surface area (Å²) >= 11 is 0. The Balaban J connectivity index is 0.00000135. The largest absolute Gasteiger partial charge is 1.00 e. The molecule has 0 unspecified atom stereocenters. The van der Waals surface area contributed by atoms with Crippen LogP contribution in [-0.4, -0.2) is 4.57 Å². The topological polar surface area (TPSA) is 8.81 Å². The van der Waals surface area contributed by atoms with Gasteiger partial charge in [0.15, 0.2) is 0 Å². The standard InChI is InChI=1S/C20H31N2.BrH/c1-2-4-6-19(5-3-1)21-7-8-22(15-21)20-12-16-9-17(13-20)11-18(10-16)14-20;/h7-8,15-19H,1-6,9-14H2;1H/q+1;/p-1. The third-order valence-corrected chi connectivity index (χ3v) is 7.46. The summed E-state index contributed by atoms with van der Waals surface area (Å²) in [5.74, 6) is 3.12. The molecular weight excluding hydrogens is 348 g/mol. The number of aromatic nitrogens is 2. The van der Waals surface area contributed by atoms with E-state index in [-0.39, 0.29) is 17.0 Å². The lowest BCUT2D eigenvalue weighted by atomic mass is 9.53. The van der Waals surface area contributed by atoms with Crippen molar-refractivity contribution in [1.29, 1.82) is 0 Å². The number of rotatable bonds is 2. The van der Waals surface area contributed by atoms with Crippen molar-refractivity contribution in [1.82, 2.24) is 4.57 Å². The fourth-order valence-corrected chi connectivity index (χ4v) is 6.80. The van der Waals surface area contributed by atoms with Gasteiger partial charge in [-0.1, -0.05) is 12.8 Å². The zero-order chi connectivity index (χ0) is 14.6. The summed E-state index contributed by atoms with van der Waals surface area (Å²) in [4.78, 5) is 0. The first-order chi connectivity index (χ1) is 10.8. The second-order valence-electron chi connectivity index (χ2n) is 9.06. The molecule has 6 rings (SSSR count). The lowest BCUT2D eigenvalue weighted by Crippen LogP contribution is -3.00. The summed E-state index contributed by atoms with van der Waals surface area (Å²) in [6.07, 6.45) is 24.9. The molecule has 0 radical (unpaired) electrons.